The van der Waals surface area contributed by atoms with Crippen molar-refractivity contribution in [1.29, 1.82) is 0 Å². The Labute approximate surface area is 108 Å². The average Bonchev–Trinajstić information content (AvgIpc) is 2.79. The maximum atomic E-state index is 13.0. The molecule has 2 N–H and O–H groups in total. The zero-order chi connectivity index (χ0) is 13.1. The summed E-state index contributed by atoms with van der Waals surface area (Å²) in [5.41, 5.74) is 5.62. The van der Waals surface area contributed by atoms with Crippen molar-refractivity contribution < 1.29 is 13.6 Å². The lowest BCUT2D eigenvalue weighted by molar-refractivity contribution is -0.113. The van der Waals surface area contributed by atoms with Gasteiger partial charge in [-0.25, -0.2) is 4.39 Å². The van der Waals surface area contributed by atoms with Crippen molar-refractivity contribution in [1.82, 2.24) is 0 Å². The van der Waals surface area contributed by atoms with Crippen LogP contribution in [0.5, 0.6) is 0 Å². The molecule has 0 aliphatic carbocycles. The van der Waals surface area contributed by atoms with Crippen LogP contribution in [0.25, 0.3) is 17.4 Å². The van der Waals surface area contributed by atoms with Crippen LogP contribution in [0.15, 0.2) is 40.8 Å². The topological polar surface area (TPSA) is 56.2 Å². The average molecular weight is 266 g/mol. The normalized spacial score (nSPS) is 11.0. The molecule has 5 heteroatoms. The number of amides is 1. The van der Waals surface area contributed by atoms with E-state index >= 15 is 0 Å². The Morgan fingerprint density at radius 1 is 1.33 bits per heavy atom. The van der Waals surface area contributed by atoms with E-state index in [2.05, 4.69) is 0 Å². The second kappa shape index (κ2) is 5.06. The molecule has 2 aromatic rings. The lowest BCUT2D eigenvalue weighted by Gasteiger charge is -1.98. The highest BCUT2D eigenvalue weighted by Gasteiger charge is 2.06. The molecule has 3 nitrogen and oxygen atoms in total. The van der Waals surface area contributed by atoms with Crippen LogP contribution >= 0.6 is 11.6 Å². The predicted molar refractivity (Wildman–Crippen MR) is 67.3 cm³/mol. The van der Waals surface area contributed by atoms with Gasteiger partial charge < -0.3 is 10.2 Å². The summed E-state index contributed by atoms with van der Waals surface area (Å²) in [6.07, 6.45) is 2.65. The molecule has 0 unspecified atom stereocenters. The number of furan rings is 1. The zero-order valence-electron chi connectivity index (χ0n) is 9.19. The summed E-state index contributed by atoms with van der Waals surface area (Å²) in [6.45, 7) is 0. The van der Waals surface area contributed by atoms with Gasteiger partial charge in [0.15, 0.2) is 0 Å². The summed E-state index contributed by atoms with van der Waals surface area (Å²) in [5, 5.41) is 0.0260. The summed E-state index contributed by atoms with van der Waals surface area (Å²) >= 11 is 5.68. The zero-order valence-corrected chi connectivity index (χ0v) is 9.95. The first kappa shape index (κ1) is 12.4. The van der Waals surface area contributed by atoms with E-state index in [-0.39, 0.29) is 5.02 Å². The van der Waals surface area contributed by atoms with Gasteiger partial charge in [-0.05, 0) is 36.4 Å². The van der Waals surface area contributed by atoms with Gasteiger partial charge >= 0.3 is 0 Å². The highest BCUT2D eigenvalue weighted by atomic mass is 35.5. The second-order valence-electron chi connectivity index (χ2n) is 3.57. The Morgan fingerprint density at radius 3 is 2.78 bits per heavy atom. The first-order chi connectivity index (χ1) is 8.56. The summed E-state index contributed by atoms with van der Waals surface area (Å²) in [7, 11) is 0. The maximum Gasteiger partial charge on any atom is 0.241 e. The monoisotopic (exact) mass is 265 g/mol. The fourth-order valence-corrected chi connectivity index (χ4v) is 1.59. The minimum absolute atomic E-state index is 0.0260. The molecule has 1 amide bonds. The van der Waals surface area contributed by atoms with Gasteiger partial charge in [-0.1, -0.05) is 11.6 Å². The fourth-order valence-electron chi connectivity index (χ4n) is 1.41. The number of primary amides is 1. The third-order valence-electron chi connectivity index (χ3n) is 2.24. The van der Waals surface area contributed by atoms with E-state index in [0.717, 1.165) is 0 Å². The molecule has 0 saturated heterocycles. The summed E-state index contributed by atoms with van der Waals surface area (Å²) in [6, 6.07) is 7.66. The number of halogens is 2. The minimum atomic E-state index is -0.558. The molecule has 0 saturated carbocycles. The van der Waals surface area contributed by atoms with Gasteiger partial charge in [0.05, 0.1) is 5.02 Å². The van der Waals surface area contributed by atoms with Crippen molar-refractivity contribution in [2.45, 2.75) is 0 Å². The molecule has 0 radical (unpaired) electrons. The molecule has 0 atom stereocenters. The van der Waals surface area contributed by atoms with Crippen LogP contribution in [0.2, 0.25) is 5.02 Å². The Bertz CT molecular complexity index is 619. The Balaban J connectivity index is 2.29. The van der Waals surface area contributed by atoms with Crippen molar-refractivity contribution >= 4 is 23.6 Å². The van der Waals surface area contributed by atoms with E-state index in [9.17, 15) is 9.18 Å². The van der Waals surface area contributed by atoms with Crippen molar-refractivity contribution in [3.05, 3.63) is 53.0 Å². The number of carbonyl (C=O) groups is 1. The van der Waals surface area contributed by atoms with E-state index in [4.69, 9.17) is 21.8 Å². The molecule has 0 aliphatic rings. The Hall–Kier alpha value is -2.07. The van der Waals surface area contributed by atoms with Crippen LogP contribution < -0.4 is 5.73 Å². The SMILES string of the molecule is NC(=O)/C=C/c1ccc(-c2ccc(F)c(Cl)c2)o1. The number of hydrogen-bond acceptors (Lipinski definition) is 2. The molecule has 92 valence electrons. The molecule has 0 spiro atoms. The summed E-state index contributed by atoms with van der Waals surface area (Å²) in [4.78, 5) is 10.6. The molecular formula is C13H9ClFNO2. The van der Waals surface area contributed by atoms with Gasteiger partial charge in [0.1, 0.15) is 17.3 Å². The van der Waals surface area contributed by atoms with Crippen molar-refractivity contribution in [2.75, 3.05) is 0 Å². The molecule has 1 heterocycles. The number of nitrogens with two attached hydrogens (primary N) is 1. The van der Waals surface area contributed by atoms with Crippen LogP contribution in [-0.4, -0.2) is 5.91 Å². The van der Waals surface area contributed by atoms with Crippen molar-refractivity contribution in [2.24, 2.45) is 5.73 Å². The summed E-state index contributed by atoms with van der Waals surface area (Å²) < 4.78 is 18.4. The number of benzene rings is 1. The fraction of sp³-hybridized carbons (Fsp3) is 0. The van der Waals surface area contributed by atoms with E-state index in [1.165, 1.54) is 24.3 Å². The van der Waals surface area contributed by atoms with Gasteiger partial charge in [0.2, 0.25) is 5.91 Å². The third-order valence-corrected chi connectivity index (χ3v) is 2.53. The number of hydrogen-bond donors (Lipinski definition) is 1. The quantitative estimate of drug-likeness (QED) is 0.866. The molecule has 0 bridgehead atoms. The van der Waals surface area contributed by atoms with Crippen LogP contribution in [0.1, 0.15) is 5.76 Å². The molecular weight excluding hydrogens is 257 g/mol. The number of carbonyl (C=O) groups excluding carboxylic acids is 1. The lowest BCUT2D eigenvalue weighted by Crippen LogP contribution is -2.04. The van der Waals surface area contributed by atoms with Crippen LogP contribution in [0.3, 0.4) is 0 Å². The molecule has 2 rings (SSSR count). The second-order valence-corrected chi connectivity index (χ2v) is 3.97. The van der Waals surface area contributed by atoms with Crippen molar-refractivity contribution in [3.63, 3.8) is 0 Å². The highest BCUT2D eigenvalue weighted by Crippen LogP contribution is 2.26. The van der Waals surface area contributed by atoms with E-state index in [0.29, 0.717) is 17.1 Å². The molecule has 0 fully saturated rings. The minimum Gasteiger partial charge on any atom is -0.457 e. The Morgan fingerprint density at radius 2 is 2.11 bits per heavy atom. The smallest absolute Gasteiger partial charge is 0.241 e. The first-order valence-electron chi connectivity index (χ1n) is 5.09. The van der Waals surface area contributed by atoms with Gasteiger partial charge in [-0.3, -0.25) is 4.79 Å². The van der Waals surface area contributed by atoms with Gasteiger partial charge in [0, 0.05) is 11.6 Å². The van der Waals surface area contributed by atoms with Gasteiger partial charge in [0.25, 0.3) is 0 Å². The molecule has 18 heavy (non-hydrogen) atoms. The van der Waals surface area contributed by atoms with Gasteiger partial charge in [-0.2, -0.15) is 0 Å². The van der Waals surface area contributed by atoms with E-state index < -0.39 is 11.7 Å². The van der Waals surface area contributed by atoms with Crippen LogP contribution in [0.4, 0.5) is 4.39 Å². The first-order valence-corrected chi connectivity index (χ1v) is 5.47. The standard InChI is InChI=1S/C13H9ClFNO2/c14-10-7-8(1-4-11(10)15)12-5-2-9(18-12)3-6-13(16)17/h1-7H,(H2,16,17)/b6-3+. The van der Waals surface area contributed by atoms with E-state index in [1.807, 2.05) is 0 Å². The van der Waals surface area contributed by atoms with Crippen LogP contribution in [0, 0.1) is 5.82 Å². The maximum absolute atomic E-state index is 13.0. The molecule has 0 aliphatic heterocycles. The van der Waals surface area contributed by atoms with Gasteiger partial charge in [-0.15, -0.1) is 0 Å². The Kier molecular flexibility index (Phi) is 3.48. The number of rotatable bonds is 3. The molecule has 1 aromatic carbocycles. The largest absolute Gasteiger partial charge is 0.457 e. The molecule has 1 aromatic heterocycles. The summed E-state index contributed by atoms with van der Waals surface area (Å²) in [5.74, 6) is -0.0381. The van der Waals surface area contributed by atoms with E-state index in [1.54, 1.807) is 18.2 Å². The lowest BCUT2D eigenvalue weighted by atomic mass is 10.2. The highest BCUT2D eigenvalue weighted by molar-refractivity contribution is 6.31. The van der Waals surface area contributed by atoms with Crippen LogP contribution in [-0.2, 0) is 4.79 Å². The third kappa shape index (κ3) is 2.78. The predicted octanol–water partition coefficient (Wildman–Crippen LogP) is 3.24. The van der Waals surface area contributed by atoms with Crippen molar-refractivity contribution in [3.8, 4) is 11.3 Å².